The van der Waals surface area contributed by atoms with Gasteiger partial charge in [-0.2, -0.15) is 0 Å². The lowest BCUT2D eigenvalue weighted by Gasteiger charge is -2.07. The van der Waals surface area contributed by atoms with E-state index in [1.54, 1.807) is 0 Å². The number of hydrogen-bond donors (Lipinski definition) is 1. The minimum atomic E-state index is -0.352. The zero-order valence-electron chi connectivity index (χ0n) is 7.63. The lowest BCUT2D eigenvalue weighted by Crippen LogP contribution is -1.91. The highest BCUT2D eigenvalue weighted by atomic mass is 32.2. The summed E-state index contributed by atoms with van der Waals surface area (Å²) in [6.45, 7) is 4.22. The van der Waals surface area contributed by atoms with Crippen molar-refractivity contribution >= 4 is 16.5 Å². The molecule has 0 bridgehead atoms. The fraction of sp³-hybridized carbons (Fsp3) is 0.300. The number of rotatable bonds is 2. The molecule has 0 amide bonds. The predicted molar refractivity (Wildman–Crippen MR) is 57.7 cm³/mol. The maximum atomic E-state index is 5.75. The van der Waals surface area contributed by atoms with Crippen molar-refractivity contribution in [2.24, 2.45) is 5.14 Å². The summed E-state index contributed by atoms with van der Waals surface area (Å²) >= 11 is 0. The van der Waals surface area contributed by atoms with Crippen molar-refractivity contribution in [3.63, 3.8) is 0 Å². The van der Waals surface area contributed by atoms with Crippen LogP contribution >= 0.6 is 10.7 Å². The Balaban J connectivity index is 3.17. The number of benzene rings is 1. The van der Waals surface area contributed by atoms with Crippen LogP contribution in [0.1, 0.15) is 18.1 Å². The Labute approximate surface area is 76.7 Å². The lowest BCUT2D eigenvalue weighted by molar-refractivity contribution is 1.11. The van der Waals surface area contributed by atoms with Gasteiger partial charge in [0.1, 0.15) is 0 Å². The highest BCUT2D eigenvalue weighted by Gasteiger charge is 1.98. The van der Waals surface area contributed by atoms with Crippen LogP contribution in [0, 0.1) is 6.92 Å². The molecule has 0 aromatic heterocycles. The SMILES string of the molecule is C=S(N)c1cc(CC)ccc1C. The number of aryl methyl sites for hydroxylation is 2. The molecular weight excluding hydrogens is 166 g/mol. The zero-order chi connectivity index (χ0) is 9.14. The molecule has 66 valence electrons. The van der Waals surface area contributed by atoms with E-state index < -0.39 is 0 Å². The Bertz CT molecular complexity index is 305. The molecule has 2 heteroatoms. The molecule has 1 aromatic rings. The Kier molecular flexibility index (Phi) is 3.06. The van der Waals surface area contributed by atoms with Crippen molar-refractivity contribution in [3.8, 4) is 0 Å². The normalized spacial score (nSPS) is 12.9. The minimum absolute atomic E-state index is 0.352. The molecule has 12 heavy (non-hydrogen) atoms. The van der Waals surface area contributed by atoms with Crippen LogP contribution in [0.5, 0.6) is 0 Å². The summed E-state index contributed by atoms with van der Waals surface area (Å²) in [7, 11) is -0.352. The van der Waals surface area contributed by atoms with Crippen LogP contribution in [0.15, 0.2) is 23.1 Å². The van der Waals surface area contributed by atoms with E-state index in [2.05, 4.69) is 37.9 Å². The third-order valence-electron chi connectivity index (χ3n) is 1.94. The second-order valence-corrected chi connectivity index (χ2v) is 4.18. The van der Waals surface area contributed by atoms with E-state index in [0.29, 0.717) is 0 Å². The van der Waals surface area contributed by atoms with E-state index >= 15 is 0 Å². The molecule has 1 atom stereocenters. The second kappa shape index (κ2) is 3.87. The van der Waals surface area contributed by atoms with E-state index in [0.717, 1.165) is 6.42 Å². The van der Waals surface area contributed by atoms with E-state index in [4.69, 9.17) is 5.14 Å². The molecule has 0 aliphatic carbocycles. The summed E-state index contributed by atoms with van der Waals surface area (Å²) in [5.41, 5.74) is 2.58. The van der Waals surface area contributed by atoms with Gasteiger partial charge in [-0.05, 0) is 30.5 Å². The van der Waals surface area contributed by atoms with Crippen LogP contribution in [0.2, 0.25) is 0 Å². The number of hydrogen-bond acceptors (Lipinski definition) is 1. The largest absolute Gasteiger partial charge is 0.280 e. The van der Waals surface area contributed by atoms with Gasteiger partial charge < -0.3 is 0 Å². The number of nitrogens with two attached hydrogens (primary N) is 1. The average molecular weight is 181 g/mol. The van der Waals surface area contributed by atoms with Gasteiger partial charge in [0.25, 0.3) is 0 Å². The van der Waals surface area contributed by atoms with Crippen LogP contribution in [-0.4, -0.2) is 5.87 Å². The van der Waals surface area contributed by atoms with Crippen LogP contribution in [0.4, 0.5) is 0 Å². The first-order valence-electron chi connectivity index (χ1n) is 4.03. The van der Waals surface area contributed by atoms with Crippen LogP contribution in [0.3, 0.4) is 0 Å². The van der Waals surface area contributed by atoms with Gasteiger partial charge in [0.2, 0.25) is 0 Å². The van der Waals surface area contributed by atoms with Gasteiger partial charge in [-0.1, -0.05) is 35.6 Å². The fourth-order valence-corrected chi connectivity index (χ4v) is 1.93. The van der Waals surface area contributed by atoms with Crippen molar-refractivity contribution in [1.82, 2.24) is 0 Å². The lowest BCUT2D eigenvalue weighted by atomic mass is 10.1. The van der Waals surface area contributed by atoms with Gasteiger partial charge >= 0.3 is 0 Å². The molecule has 0 radical (unpaired) electrons. The molecule has 1 unspecified atom stereocenters. The Morgan fingerprint density at radius 3 is 2.67 bits per heavy atom. The Morgan fingerprint density at radius 1 is 1.50 bits per heavy atom. The molecule has 0 aliphatic heterocycles. The first kappa shape index (κ1) is 9.49. The van der Waals surface area contributed by atoms with E-state index in [1.807, 2.05) is 0 Å². The zero-order valence-corrected chi connectivity index (χ0v) is 8.45. The third-order valence-corrected chi connectivity index (χ3v) is 2.95. The van der Waals surface area contributed by atoms with Gasteiger partial charge in [0.15, 0.2) is 0 Å². The highest BCUT2D eigenvalue weighted by Crippen LogP contribution is 2.23. The van der Waals surface area contributed by atoms with Crippen molar-refractivity contribution in [3.05, 3.63) is 29.3 Å². The minimum Gasteiger partial charge on any atom is -0.280 e. The van der Waals surface area contributed by atoms with Crippen molar-refractivity contribution in [1.29, 1.82) is 0 Å². The summed E-state index contributed by atoms with van der Waals surface area (Å²) in [6, 6.07) is 6.42. The maximum absolute atomic E-state index is 5.75. The maximum Gasteiger partial charge on any atom is 0.0181 e. The van der Waals surface area contributed by atoms with Gasteiger partial charge in [0.05, 0.1) is 0 Å². The first-order valence-corrected chi connectivity index (χ1v) is 5.48. The van der Waals surface area contributed by atoms with E-state index in [-0.39, 0.29) is 10.7 Å². The molecule has 0 saturated carbocycles. The van der Waals surface area contributed by atoms with Crippen molar-refractivity contribution < 1.29 is 0 Å². The Hall–Kier alpha value is -0.600. The molecular formula is C10H15NS. The summed E-state index contributed by atoms with van der Waals surface area (Å²) in [5, 5.41) is 5.75. The summed E-state index contributed by atoms with van der Waals surface area (Å²) < 4.78 is 0. The van der Waals surface area contributed by atoms with E-state index in [1.165, 1.54) is 16.0 Å². The molecule has 0 heterocycles. The molecule has 0 aliphatic rings. The monoisotopic (exact) mass is 181 g/mol. The van der Waals surface area contributed by atoms with Gasteiger partial charge in [-0.25, -0.2) is 0 Å². The molecule has 1 aromatic carbocycles. The second-order valence-electron chi connectivity index (χ2n) is 2.88. The van der Waals surface area contributed by atoms with Gasteiger partial charge in [-0.15, -0.1) is 0 Å². The smallest absolute Gasteiger partial charge is 0.0181 e. The molecule has 2 N–H and O–H groups in total. The van der Waals surface area contributed by atoms with Crippen LogP contribution in [0.25, 0.3) is 0 Å². The molecule has 1 nitrogen and oxygen atoms in total. The topological polar surface area (TPSA) is 26.0 Å². The van der Waals surface area contributed by atoms with Crippen molar-refractivity contribution in [2.45, 2.75) is 25.2 Å². The van der Waals surface area contributed by atoms with Crippen LogP contribution in [-0.2, 0) is 6.42 Å². The highest BCUT2D eigenvalue weighted by molar-refractivity contribution is 8.12. The predicted octanol–water partition coefficient (Wildman–Crippen LogP) is 2.49. The Morgan fingerprint density at radius 2 is 2.17 bits per heavy atom. The summed E-state index contributed by atoms with van der Waals surface area (Å²) in [5.74, 6) is 3.85. The summed E-state index contributed by atoms with van der Waals surface area (Å²) in [4.78, 5) is 1.19. The summed E-state index contributed by atoms with van der Waals surface area (Å²) in [6.07, 6.45) is 1.06. The quantitative estimate of drug-likeness (QED) is 0.697. The van der Waals surface area contributed by atoms with Crippen LogP contribution < -0.4 is 5.14 Å². The van der Waals surface area contributed by atoms with Crippen molar-refractivity contribution in [2.75, 3.05) is 0 Å². The molecule has 0 saturated heterocycles. The van der Waals surface area contributed by atoms with E-state index in [9.17, 15) is 0 Å². The van der Waals surface area contributed by atoms with Gasteiger partial charge in [-0.3, -0.25) is 5.14 Å². The average Bonchev–Trinajstić information content (AvgIpc) is 2.05. The first-order chi connectivity index (χ1) is 5.65. The third kappa shape index (κ3) is 1.96. The standard InChI is InChI=1S/C10H15NS/c1-4-9-6-5-8(2)10(7-9)12(3)11/h5-7H,3-4,11H2,1-2H3. The fourth-order valence-electron chi connectivity index (χ4n) is 1.15. The molecule has 0 spiro atoms. The van der Waals surface area contributed by atoms with Gasteiger partial charge in [0, 0.05) is 4.90 Å². The molecule has 0 fully saturated rings. The molecule has 1 rings (SSSR count).